The molecule has 3 rings (SSSR count). The topological polar surface area (TPSA) is 93.0 Å². The number of rotatable bonds is 6. The first kappa shape index (κ1) is 21.3. The standard InChI is InChI=1S/C22H25N3O5/c1-5-23(16-8-6-7-15(4)11-16)20(26)13-24-18-10-9-17(25(28)29)12-19(18)30-21(14(2)3)22(24)27/h6-12,14,21H,5,13H2,1-4H3. The number of ether oxygens (including phenoxy) is 1. The van der Waals surface area contributed by atoms with Crippen molar-refractivity contribution in [2.24, 2.45) is 5.92 Å². The minimum atomic E-state index is -0.818. The number of nitrogens with zero attached hydrogens (tertiary/aromatic N) is 3. The van der Waals surface area contributed by atoms with Crippen LogP contribution in [0.15, 0.2) is 42.5 Å². The summed E-state index contributed by atoms with van der Waals surface area (Å²) < 4.78 is 5.77. The average molecular weight is 411 g/mol. The Morgan fingerprint density at radius 1 is 1.27 bits per heavy atom. The van der Waals surface area contributed by atoms with Gasteiger partial charge in [-0.3, -0.25) is 24.6 Å². The molecule has 0 aromatic heterocycles. The number of non-ortho nitro benzene ring substituents is 1. The summed E-state index contributed by atoms with van der Waals surface area (Å²) in [6.45, 7) is 7.74. The number of anilines is 2. The lowest BCUT2D eigenvalue weighted by atomic mass is 10.0. The lowest BCUT2D eigenvalue weighted by Gasteiger charge is -2.36. The van der Waals surface area contributed by atoms with E-state index in [9.17, 15) is 19.7 Å². The van der Waals surface area contributed by atoms with Gasteiger partial charge in [0.2, 0.25) is 5.91 Å². The van der Waals surface area contributed by atoms with Crippen molar-refractivity contribution < 1.29 is 19.2 Å². The zero-order valence-electron chi connectivity index (χ0n) is 17.5. The molecule has 30 heavy (non-hydrogen) atoms. The van der Waals surface area contributed by atoms with E-state index in [1.807, 2.05) is 52.0 Å². The van der Waals surface area contributed by atoms with Gasteiger partial charge in [-0.05, 0) is 43.5 Å². The summed E-state index contributed by atoms with van der Waals surface area (Å²) in [7, 11) is 0. The molecule has 0 N–H and O–H groups in total. The molecule has 2 aromatic carbocycles. The lowest BCUT2D eigenvalue weighted by molar-refractivity contribution is -0.384. The Morgan fingerprint density at radius 3 is 2.60 bits per heavy atom. The molecule has 8 nitrogen and oxygen atoms in total. The summed E-state index contributed by atoms with van der Waals surface area (Å²) in [5.41, 5.74) is 2.01. The van der Waals surface area contributed by atoms with Crippen molar-refractivity contribution in [2.75, 3.05) is 22.9 Å². The van der Waals surface area contributed by atoms with Crippen LogP contribution < -0.4 is 14.5 Å². The highest BCUT2D eigenvalue weighted by Crippen LogP contribution is 2.38. The smallest absolute Gasteiger partial charge is 0.273 e. The first-order valence-corrected chi connectivity index (χ1v) is 9.86. The molecule has 1 aliphatic heterocycles. The van der Waals surface area contributed by atoms with Crippen molar-refractivity contribution in [1.29, 1.82) is 0 Å². The van der Waals surface area contributed by atoms with Crippen molar-refractivity contribution in [2.45, 2.75) is 33.8 Å². The predicted octanol–water partition coefficient (Wildman–Crippen LogP) is 3.71. The van der Waals surface area contributed by atoms with Gasteiger partial charge in [-0.2, -0.15) is 0 Å². The zero-order chi connectivity index (χ0) is 22.0. The van der Waals surface area contributed by atoms with Crippen LogP contribution in [0, 0.1) is 23.0 Å². The fourth-order valence-electron chi connectivity index (χ4n) is 3.50. The van der Waals surface area contributed by atoms with E-state index in [2.05, 4.69) is 0 Å². The molecule has 8 heteroatoms. The molecule has 0 aliphatic carbocycles. The fourth-order valence-corrected chi connectivity index (χ4v) is 3.50. The van der Waals surface area contributed by atoms with Gasteiger partial charge < -0.3 is 9.64 Å². The minimum absolute atomic E-state index is 0.133. The summed E-state index contributed by atoms with van der Waals surface area (Å²) in [6, 6.07) is 11.7. The molecule has 2 amide bonds. The third-order valence-corrected chi connectivity index (χ3v) is 5.04. The van der Waals surface area contributed by atoms with Crippen LogP contribution in [-0.4, -0.2) is 35.9 Å². The lowest BCUT2D eigenvalue weighted by Crippen LogP contribution is -2.52. The van der Waals surface area contributed by atoms with E-state index < -0.39 is 11.0 Å². The van der Waals surface area contributed by atoms with Gasteiger partial charge in [-0.25, -0.2) is 0 Å². The number of aryl methyl sites for hydroxylation is 1. The number of nitro benzene ring substituents is 1. The summed E-state index contributed by atoms with van der Waals surface area (Å²) in [6.07, 6.45) is -0.818. The largest absolute Gasteiger partial charge is 0.478 e. The molecule has 0 radical (unpaired) electrons. The Bertz CT molecular complexity index is 988. The van der Waals surface area contributed by atoms with Crippen LogP contribution in [0.1, 0.15) is 26.3 Å². The Kier molecular flexibility index (Phi) is 6.05. The number of hydrogen-bond acceptors (Lipinski definition) is 5. The SMILES string of the molecule is CCN(C(=O)CN1C(=O)C(C(C)C)Oc2cc([N+](=O)[O-])ccc21)c1cccc(C)c1. The van der Waals surface area contributed by atoms with Gasteiger partial charge >= 0.3 is 0 Å². The molecular formula is C22H25N3O5. The van der Waals surface area contributed by atoms with Crippen molar-refractivity contribution in [3.05, 3.63) is 58.1 Å². The maximum atomic E-state index is 13.1. The molecule has 1 atom stereocenters. The summed E-state index contributed by atoms with van der Waals surface area (Å²) in [5.74, 6) is -0.513. The van der Waals surface area contributed by atoms with Gasteiger partial charge in [0.25, 0.3) is 11.6 Å². The molecule has 0 saturated heterocycles. The van der Waals surface area contributed by atoms with Gasteiger partial charge in [-0.15, -0.1) is 0 Å². The Labute approximate surface area is 175 Å². The van der Waals surface area contributed by atoms with E-state index in [0.717, 1.165) is 11.3 Å². The summed E-state index contributed by atoms with van der Waals surface area (Å²) in [5, 5.41) is 11.1. The maximum Gasteiger partial charge on any atom is 0.273 e. The number of carbonyl (C=O) groups is 2. The highest BCUT2D eigenvalue weighted by atomic mass is 16.6. The molecule has 0 fully saturated rings. The van der Waals surface area contributed by atoms with Crippen molar-refractivity contribution >= 4 is 28.9 Å². The van der Waals surface area contributed by atoms with E-state index >= 15 is 0 Å². The second kappa shape index (κ2) is 8.52. The van der Waals surface area contributed by atoms with E-state index in [0.29, 0.717) is 12.2 Å². The number of carbonyl (C=O) groups excluding carboxylic acids is 2. The molecule has 1 unspecified atom stereocenters. The normalized spacial score (nSPS) is 15.6. The van der Waals surface area contributed by atoms with E-state index in [1.165, 1.54) is 23.1 Å². The third-order valence-electron chi connectivity index (χ3n) is 5.04. The molecule has 1 heterocycles. The monoisotopic (exact) mass is 411 g/mol. The third kappa shape index (κ3) is 4.12. The van der Waals surface area contributed by atoms with Crippen LogP contribution in [0.5, 0.6) is 5.75 Å². The van der Waals surface area contributed by atoms with Gasteiger partial charge in [-0.1, -0.05) is 26.0 Å². The number of hydrogen-bond donors (Lipinski definition) is 0. The first-order valence-electron chi connectivity index (χ1n) is 9.86. The van der Waals surface area contributed by atoms with Crippen LogP contribution in [0.3, 0.4) is 0 Å². The van der Waals surface area contributed by atoms with Crippen LogP contribution in [0.25, 0.3) is 0 Å². The first-order chi connectivity index (χ1) is 14.2. The number of fused-ring (bicyclic) bond motifs is 1. The van der Waals surface area contributed by atoms with E-state index in [1.54, 1.807) is 4.90 Å². The maximum absolute atomic E-state index is 13.1. The van der Waals surface area contributed by atoms with Crippen LogP contribution in [0.4, 0.5) is 17.1 Å². The van der Waals surface area contributed by atoms with Crippen molar-refractivity contribution in [3.8, 4) is 5.75 Å². The zero-order valence-corrected chi connectivity index (χ0v) is 17.5. The second-order valence-corrected chi connectivity index (χ2v) is 7.59. The molecule has 158 valence electrons. The predicted molar refractivity (Wildman–Crippen MR) is 114 cm³/mol. The van der Waals surface area contributed by atoms with Crippen LogP contribution in [-0.2, 0) is 9.59 Å². The van der Waals surface area contributed by atoms with Gasteiger partial charge in [0.15, 0.2) is 11.9 Å². The van der Waals surface area contributed by atoms with Crippen LogP contribution in [0.2, 0.25) is 0 Å². The van der Waals surface area contributed by atoms with Crippen molar-refractivity contribution in [3.63, 3.8) is 0 Å². The highest BCUT2D eigenvalue weighted by Gasteiger charge is 2.38. The summed E-state index contributed by atoms with van der Waals surface area (Å²) in [4.78, 5) is 39.8. The Balaban J connectivity index is 1.96. The fraction of sp³-hybridized carbons (Fsp3) is 0.364. The molecular weight excluding hydrogens is 386 g/mol. The Hall–Kier alpha value is -3.42. The average Bonchev–Trinajstić information content (AvgIpc) is 2.69. The van der Waals surface area contributed by atoms with Crippen molar-refractivity contribution in [1.82, 2.24) is 0 Å². The molecule has 0 bridgehead atoms. The van der Waals surface area contributed by atoms with Crippen LogP contribution >= 0.6 is 0 Å². The summed E-state index contributed by atoms with van der Waals surface area (Å²) >= 11 is 0. The molecule has 2 aromatic rings. The number of nitro groups is 1. The quantitative estimate of drug-likeness (QED) is 0.534. The minimum Gasteiger partial charge on any atom is -0.478 e. The number of likely N-dealkylation sites (N-methyl/N-ethyl adjacent to an activating group) is 1. The number of amides is 2. The van der Waals surface area contributed by atoms with E-state index in [-0.39, 0.29) is 35.7 Å². The van der Waals surface area contributed by atoms with Gasteiger partial charge in [0.1, 0.15) is 6.54 Å². The Morgan fingerprint density at radius 2 is 2.00 bits per heavy atom. The molecule has 0 saturated carbocycles. The second-order valence-electron chi connectivity index (χ2n) is 7.59. The molecule has 0 spiro atoms. The molecule has 1 aliphatic rings. The van der Waals surface area contributed by atoms with E-state index in [4.69, 9.17) is 4.74 Å². The van der Waals surface area contributed by atoms with Gasteiger partial charge in [0.05, 0.1) is 16.7 Å². The highest BCUT2D eigenvalue weighted by molar-refractivity contribution is 6.07. The van der Waals surface area contributed by atoms with Gasteiger partial charge in [0, 0.05) is 18.3 Å². The number of benzene rings is 2.